The Morgan fingerprint density at radius 2 is 1.85 bits per heavy atom. The van der Waals surface area contributed by atoms with Crippen molar-refractivity contribution in [1.29, 1.82) is 0 Å². The summed E-state index contributed by atoms with van der Waals surface area (Å²) in [6.45, 7) is 2.33. The number of carbonyl (C=O) groups is 1. The number of amides is 2. The summed E-state index contributed by atoms with van der Waals surface area (Å²) in [4.78, 5) is 29.5. The monoisotopic (exact) mass is 366 g/mol. The third kappa shape index (κ3) is 3.40. The number of carbonyl (C=O) groups excluding carboxylic acids is 1. The van der Waals surface area contributed by atoms with E-state index in [9.17, 15) is 14.0 Å². The Balaban J connectivity index is 1.58. The number of rotatable bonds is 2. The molecule has 0 radical (unpaired) electrons. The Kier molecular flexibility index (Phi) is 4.35. The highest BCUT2D eigenvalue weighted by molar-refractivity contribution is 6.00. The van der Waals surface area contributed by atoms with Crippen molar-refractivity contribution in [2.24, 2.45) is 0 Å². The highest BCUT2D eigenvalue weighted by Crippen LogP contribution is 2.19. The number of nitrogens with one attached hydrogen (secondary N) is 2. The first-order chi connectivity index (χ1) is 13.0. The van der Waals surface area contributed by atoms with E-state index in [1.165, 1.54) is 6.07 Å². The molecule has 2 amide bonds. The summed E-state index contributed by atoms with van der Waals surface area (Å²) in [7, 11) is 0. The molecule has 7 heteroatoms. The van der Waals surface area contributed by atoms with Gasteiger partial charge in [-0.05, 0) is 55.7 Å². The van der Waals surface area contributed by atoms with E-state index in [1.807, 2.05) is 0 Å². The molecule has 0 bridgehead atoms. The van der Waals surface area contributed by atoms with E-state index >= 15 is 0 Å². The van der Waals surface area contributed by atoms with Crippen LogP contribution in [0.2, 0.25) is 0 Å². The SMILES string of the molecule is Cc1ccc(NC(=O)Nc2ccc3nc4n(c(=O)c3c2)CCCC4)cc1F. The molecule has 0 atom stereocenters. The zero-order valence-corrected chi connectivity index (χ0v) is 14.9. The molecule has 2 N–H and O–H groups in total. The Bertz CT molecular complexity index is 1110. The fourth-order valence-electron chi connectivity index (χ4n) is 3.28. The third-order valence-electron chi connectivity index (χ3n) is 4.75. The molecule has 0 spiro atoms. The smallest absolute Gasteiger partial charge is 0.308 e. The van der Waals surface area contributed by atoms with Gasteiger partial charge in [0, 0.05) is 24.3 Å². The minimum atomic E-state index is -0.511. The first-order valence-corrected chi connectivity index (χ1v) is 8.89. The van der Waals surface area contributed by atoms with Gasteiger partial charge < -0.3 is 10.6 Å². The third-order valence-corrected chi connectivity index (χ3v) is 4.75. The number of hydrogen-bond acceptors (Lipinski definition) is 3. The van der Waals surface area contributed by atoms with E-state index < -0.39 is 6.03 Å². The quantitative estimate of drug-likeness (QED) is 0.724. The number of urea groups is 1. The highest BCUT2D eigenvalue weighted by atomic mass is 19.1. The second-order valence-electron chi connectivity index (χ2n) is 6.72. The molecule has 1 aliphatic heterocycles. The average Bonchev–Trinajstić information content (AvgIpc) is 2.65. The fraction of sp³-hybridized carbons (Fsp3) is 0.250. The summed E-state index contributed by atoms with van der Waals surface area (Å²) in [6, 6.07) is 9.03. The minimum absolute atomic E-state index is 0.0839. The number of aromatic nitrogens is 2. The van der Waals surface area contributed by atoms with Gasteiger partial charge in [-0.1, -0.05) is 6.07 Å². The maximum Gasteiger partial charge on any atom is 0.323 e. The lowest BCUT2D eigenvalue weighted by Gasteiger charge is -2.18. The van der Waals surface area contributed by atoms with Crippen molar-refractivity contribution in [3.8, 4) is 0 Å². The normalized spacial score (nSPS) is 13.3. The molecule has 2 aromatic carbocycles. The molecule has 2 heterocycles. The Morgan fingerprint density at radius 1 is 1.11 bits per heavy atom. The molecular weight excluding hydrogens is 347 g/mol. The van der Waals surface area contributed by atoms with Crippen molar-refractivity contribution in [2.75, 3.05) is 10.6 Å². The van der Waals surface area contributed by atoms with Gasteiger partial charge in [-0.25, -0.2) is 14.2 Å². The van der Waals surface area contributed by atoms with E-state index in [-0.39, 0.29) is 11.4 Å². The Hall–Kier alpha value is -3.22. The predicted molar refractivity (Wildman–Crippen MR) is 103 cm³/mol. The molecule has 0 saturated heterocycles. The summed E-state index contributed by atoms with van der Waals surface area (Å²) in [6.07, 6.45) is 2.81. The number of nitrogens with zero attached hydrogens (tertiary/aromatic N) is 2. The molecular formula is C20H19FN4O2. The Labute approximate surface area is 155 Å². The van der Waals surface area contributed by atoms with E-state index in [0.29, 0.717) is 34.4 Å². The van der Waals surface area contributed by atoms with Crippen molar-refractivity contribution < 1.29 is 9.18 Å². The number of aryl methyl sites for hydroxylation is 2. The first kappa shape index (κ1) is 17.2. The molecule has 0 aliphatic carbocycles. The van der Waals surface area contributed by atoms with Gasteiger partial charge in [0.2, 0.25) is 0 Å². The lowest BCUT2D eigenvalue weighted by Crippen LogP contribution is -2.28. The molecule has 1 aliphatic rings. The average molecular weight is 366 g/mol. The van der Waals surface area contributed by atoms with Crippen molar-refractivity contribution in [3.63, 3.8) is 0 Å². The van der Waals surface area contributed by atoms with Crippen LogP contribution in [0.15, 0.2) is 41.2 Å². The largest absolute Gasteiger partial charge is 0.323 e. The van der Waals surface area contributed by atoms with Gasteiger partial charge in [-0.15, -0.1) is 0 Å². The molecule has 3 aromatic rings. The number of benzene rings is 2. The minimum Gasteiger partial charge on any atom is -0.308 e. The van der Waals surface area contributed by atoms with Crippen molar-refractivity contribution in [1.82, 2.24) is 9.55 Å². The molecule has 0 saturated carbocycles. The molecule has 0 unspecified atom stereocenters. The summed E-state index contributed by atoms with van der Waals surface area (Å²) in [5, 5.41) is 5.73. The summed E-state index contributed by atoms with van der Waals surface area (Å²) in [5.74, 6) is 0.431. The lowest BCUT2D eigenvalue weighted by atomic mass is 10.1. The van der Waals surface area contributed by atoms with Crippen molar-refractivity contribution in [3.05, 3.63) is 64.0 Å². The molecule has 0 fully saturated rings. The van der Waals surface area contributed by atoms with Crippen LogP contribution in [0.1, 0.15) is 24.2 Å². The van der Waals surface area contributed by atoms with Crippen LogP contribution in [0, 0.1) is 12.7 Å². The maximum atomic E-state index is 13.6. The summed E-state index contributed by atoms with van der Waals surface area (Å²) < 4.78 is 15.3. The second-order valence-corrected chi connectivity index (χ2v) is 6.72. The molecule has 27 heavy (non-hydrogen) atoms. The van der Waals surface area contributed by atoms with E-state index in [1.54, 1.807) is 41.8 Å². The van der Waals surface area contributed by atoms with Crippen LogP contribution in [0.4, 0.5) is 20.6 Å². The van der Waals surface area contributed by atoms with Gasteiger partial charge in [-0.3, -0.25) is 9.36 Å². The highest BCUT2D eigenvalue weighted by Gasteiger charge is 2.15. The summed E-state index contributed by atoms with van der Waals surface area (Å²) >= 11 is 0. The van der Waals surface area contributed by atoms with Gasteiger partial charge in [0.05, 0.1) is 10.9 Å². The van der Waals surface area contributed by atoms with Crippen LogP contribution in [-0.2, 0) is 13.0 Å². The topological polar surface area (TPSA) is 76.0 Å². The van der Waals surface area contributed by atoms with Crippen LogP contribution in [0.25, 0.3) is 10.9 Å². The van der Waals surface area contributed by atoms with Crippen LogP contribution < -0.4 is 16.2 Å². The van der Waals surface area contributed by atoms with E-state index in [0.717, 1.165) is 25.1 Å². The molecule has 1 aromatic heterocycles. The zero-order valence-electron chi connectivity index (χ0n) is 14.9. The maximum absolute atomic E-state index is 13.6. The lowest BCUT2D eigenvalue weighted by molar-refractivity contribution is 0.262. The van der Waals surface area contributed by atoms with Crippen molar-refractivity contribution >= 4 is 28.3 Å². The Morgan fingerprint density at radius 3 is 2.63 bits per heavy atom. The van der Waals surface area contributed by atoms with Gasteiger partial charge >= 0.3 is 6.03 Å². The second kappa shape index (κ2) is 6.83. The van der Waals surface area contributed by atoms with Gasteiger partial charge in [-0.2, -0.15) is 0 Å². The molecule has 6 nitrogen and oxygen atoms in total. The van der Waals surface area contributed by atoms with Gasteiger partial charge in [0.25, 0.3) is 5.56 Å². The van der Waals surface area contributed by atoms with Gasteiger partial charge in [0.15, 0.2) is 0 Å². The number of halogens is 1. The van der Waals surface area contributed by atoms with Crippen LogP contribution in [0.3, 0.4) is 0 Å². The van der Waals surface area contributed by atoms with Crippen LogP contribution in [-0.4, -0.2) is 15.6 Å². The molecule has 138 valence electrons. The molecule has 4 rings (SSSR count). The van der Waals surface area contributed by atoms with Gasteiger partial charge in [0.1, 0.15) is 11.6 Å². The summed E-state index contributed by atoms with van der Waals surface area (Å²) in [5.41, 5.74) is 1.88. The van der Waals surface area contributed by atoms with Crippen LogP contribution >= 0.6 is 0 Å². The number of anilines is 2. The van der Waals surface area contributed by atoms with Crippen LogP contribution in [0.5, 0.6) is 0 Å². The van der Waals surface area contributed by atoms with Crippen molar-refractivity contribution in [2.45, 2.75) is 32.7 Å². The standard InChI is InChI=1S/C20H19FN4O2/c1-12-5-6-14(11-16(12)21)23-20(27)22-13-7-8-17-15(10-13)19(26)25-9-3-2-4-18(25)24-17/h5-8,10-11H,2-4,9H2,1H3,(H2,22,23,27). The zero-order chi connectivity index (χ0) is 19.0. The number of hydrogen-bond donors (Lipinski definition) is 2. The fourth-order valence-corrected chi connectivity index (χ4v) is 3.28. The van der Waals surface area contributed by atoms with E-state index in [4.69, 9.17) is 0 Å². The first-order valence-electron chi connectivity index (χ1n) is 8.89. The predicted octanol–water partition coefficient (Wildman–Crippen LogP) is 3.82. The number of fused-ring (bicyclic) bond motifs is 2. The van der Waals surface area contributed by atoms with E-state index in [2.05, 4.69) is 15.6 Å².